The summed E-state index contributed by atoms with van der Waals surface area (Å²) in [6.45, 7) is 1.03. The molecule has 5 nitrogen and oxygen atoms in total. The number of carboxylic acids is 1. The fourth-order valence-corrected chi connectivity index (χ4v) is 1.07. The molecule has 0 radical (unpaired) electrons. The van der Waals surface area contributed by atoms with Gasteiger partial charge in [0, 0.05) is 11.3 Å². The maximum absolute atomic E-state index is 13.1. The minimum Gasteiger partial charge on any atom is -0.480 e. The summed E-state index contributed by atoms with van der Waals surface area (Å²) in [5.41, 5.74) is 0.607. The highest BCUT2D eigenvalue weighted by Gasteiger charge is 2.07. The van der Waals surface area contributed by atoms with Crippen molar-refractivity contribution in [2.24, 2.45) is 0 Å². The van der Waals surface area contributed by atoms with E-state index in [1.807, 2.05) is 0 Å². The van der Waals surface area contributed by atoms with Gasteiger partial charge in [0.25, 0.3) is 0 Å². The largest absolute Gasteiger partial charge is 0.480 e. The standard InChI is InChI=1S/C10H11FN2O3/c1-6-7(11)3-2-4-8(6)13-10(16)12-5-9(14)15/h2-4H,5H2,1H3,(H,14,15)(H2,12,13,16). The molecular formula is C10H11FN2O3. The lowest BCUT2D eigenvalue weighted by atomic mass is 10.2. The van der Waals surface area contributed by atoms with Gasteiger partial charge in [0.15, 0.2) is 0 Å². The van der Waals surface area contributed by atoms with Gasteiger partial charge in [0.2, 0.25) is 0 Å². The van der Waals surface area contributed by atoms with Crippen LogP contribution in [0.3, 0.4) is 0 Å². The molecule has 0 bridgehead atoms. The monoisotopic (exact) mass is 226 g/mol. The molecule has 1 rings (SSSR count). The molecule has 0 saturated heterocycles. The number of carbonyl (C=O) groups is 2. The first-order chi connectivity index (χ1) is 7.50. The van der Waals surface area contributed by atoms with E-state index in [1.54, 1.807) is 0 Å². The minimum absolute atomic E-state index is 0.299. The molecule has 0 unspecified atom stereocenters. The van der Waals surface area contributed by atoms with Gasteiger partial charge in [-0.2, -0.15) is 0 Å². The van der Waals surface area contributed by atoms with E-state index in [0.29, 0.717) is 11.3 Å². The molecule has 0 aliphatic carbocycles. The Bertz CT molecular complexity index is 421. The Labute approximate surface area is 91.3 Å². The average Bonchev–Trinajstić information content (AvgIpc) is 2.22. The van der Waals surface area contributed by atoms with E-state index in [2.05, 4.69) is 10.6 Å². The molecule has 0 aliphatic rings. The molecule has 0 aliphatic heterocycles. The van der Waals surface area contributed by atoms with Gasteiger partial charge in [-0.1, -0.05) is 6.07 Å². The maximum Gasteiger partial charge on any atom is 0.323 e. The van der Waals surface area contributed by atoms with Crippen LogP contribution in [0.1, 0.15) is 5.56 Å². The summed E-state index contributed by atoms with van der Waals surface area (Å²) < 4.78 is 13.1. The van der Waals surface area contributed by atoms with Crippen molar-refractivity contribution in [3.63, 3.8) is 0 Å². The average molecular weight is 226 g/mol. The number of rotatable bonds is 3. The fourth-order valence-electron chi connectivity index (χ4n) is 1.07. The molecule has 0 fully saturated rings. The molecule has 0 saturated carbocycles. The Morgan fingerprint density at radius 1 is 1.44 bits per heavy atom. The number of amides is 2. The van der Waals surface area contributed by atoms with Crippen molar-refractivity contribution in [1.82, 2.24) is 5.32 Å². The highest BCUT2D eigenvalue weighted by Crippen LogP contribution is 2.16. The van der Waals surface area contributed by atoms with Gasteiger partial charge in [-0.3, -0.25) is 4.79 Å². The van der Waals surface area contributed by atoms with E-state index < -0.39 is 24.4 Å². The molecule has 0 atom stereocenters. The highest BCUT2D eigenvalue weighted by molar-refractivity contribution is 5.91. The van der Waals surface area contributed by atoms with Crippen LogP contribution in [-0.4, -0.2) is 23.7 Å². The molecule has 1 aromatic rings. The van der Waals surface area contributed by atoms with E-state index >= 15 is 0 Å². The SMILES string of the molecule is Cc1c(F)cccc1NC(=O)NCC(=O)O. The van der Waals surface area contributed by atoms with Gasteiger partial charge in [-0.25, -0.2) is 9.18 Å². The Balaban J connectivity index is 2.63. The Hall–Kier alpha value is -2.11. The quantitative estimate of drug-likeness (QED) is 0.727. The van der Waals surface area contributed by atoms with Gasteiger partial charge in [0.05, 0.1) is 0 Å². The zero-order chi connectivity index (χ0) is 12.1. The first-order valence-corrected chi connectivity index (χ1v) is 4.52. The van der Waals surface area contributed by atoms with E-state index in [0.717, 1.165) is 0 Å². The summed E-state index contributed by atoms with van der Waals surface area (Å²) in [6, 6.07) is 3.57. The Kier molecular flexibility index (Phi) is 3.82. The van der Waals surface area contributed by atoms with Crippen LogP contribution in [0.25, 0.3) is 0 Å². The minimum atomic E-state index is -1.15. The molecule has 16 heavy (non-hydrogen) atoms. The number of hydrogen-bond donors (Lipinski definition) is 3. The number of halogens is 1. The van der Waals surface area contributed by atoms with Crippen molar-refractivity contribution in [3.8, 4) is 0 Å². The number of aliphatic carboxylic acids is 1. The van der Waals surface area contributed by atoms with Crippen LogP contribution < -0.4 is 10.6 Å². The van der Waals surface area contributed by atoms with Crippen molar-refractivity contribution >= 4 is 17.7 Å². The molecule has 0 aromatic heterocycles. The predicted molar refractivity (Wildman–Crippen MR) is 55.8 cm³/mol. The van der Waals surface area contributed by atoms with Crippen molar-refractivity contribution < 1.29 is 19.1 Å². The van der Waals surface area contributed by atoms with Crippen molar-refractivity contribution in [2.75, 3.05) is 11.9 Å². The van der Waals surface area contributed by atoms with Gasteiger partial charge in [0.1, 0.15) is 12.4 Å². The van der Waals surface area contributed by atoms with Crippen LogP contribution >= 0.6 is 0 Å². The van der Waals surface area contributed by atoms with Gasteiger partial charge in [-0.15, -0.1) is 0 Å². The smallest absolute Gasteiger partial charge is 0.323 e. The first-order valence-electron chi connectivity index (χ1n) is 4.52. The second-order valence-electron chi connectivity index (χ2n) is 3.11. The molecule has 86 valence electrons. The van der Waals surface area contributed by atoms with Crippen LogP contribution in [0.2, 0.25) is 0 Å². The molecule has 3 N–H and O–H groups in total. The molecule has 0 heterocycles. The van der Waals surface area contributed by atoms with Crippen LogP contribution in [0.4, 0.5) is 14.9 Å². The molecular weight excluding hydrogens is 215 g/mol. The van der Waals surface area contributed by atoms with Crippen molar-refractivity contribution in [3.05, 3.63) is 29.6 Å². The summed E-state index contributed by atoms with van der Waals surface area (Å²) in [5, 5.41) is 12.8. The topological polar surface area (TPSA) is 78.4 Å². The lowest BCUT2D eigenvalue weighted by molar-refractivity contribution is -0.135. The maximum atomic E-state index is 13.1. The van der Waals surface area contributed by atoms with Crippen molar-refractivity contribution in [2.45, 2.75) is 6.92 Å². The second kappa shape index (κ2) is 5.11. The molecule has 2 amide bonds. The van der Waals surface area contributed by atoms with Crippen LogP contribution in [0.5, 0.6) is 0 Å². The third kappa shape index (κ3) is 3.23. The molecule has 6 heteroatoms. The molecule has 1 aromatic carbocycles. The number of anilines is 1. The van der Waals surface area contributed by atoms with E-state index in [4.69, 9.17) is 5.11 Å². The van der Waals surface area contributed by atoms with E-state index in [9.17, 15) is 14.0 Å². The van der Waals surface area contributed by atoms with Crippen LogP contribution in [0.15, 0.2) is 18.2 Å². The van der Waals surface area contributed by atoms with Gasteiger partial charge in [-0.05, 0) is 19.1 Å². The highest BCUT2D eigenvalue weighted by atomic mass is 19.1. The number of carboxylic acid groups (broad SMARTS) is 1. The summed E-state index contributed by atoms with van der Waals surface area (Å²) in [5.74, 6) is -1.58. The lowest BCUT2D eigenvalue weighted by Gasteiger charge is -2.08. The predicted octanol–water partition coefficient (Wildman–Crippen LogP) is 1.34. The lowest BCUT2D eigenvalue weighted by Crippen LogP contribution is -2.33. The van der Waals surface area contributed by atoms with E-state index in [1.165, 1.54) is 25.1 Å². The number of carbonyl (C=O) groups excluding carboxylic acids is 1. The van der Waals surface area contributed by atoms with E-state index in [-0.39, 0.29) is 0 Å². The fraction of sp³-hybridized carbons (Fsp3) is 0.200. The molecule has 0 spiro atoms. The van der Waals surface area contributed by atoms with Crippen molar-refractivity contribution in [1.29, 1.82) is 0 Å². The number of benzene rings is 1. The number of nitrogens with one attached hydrogen (secondary N) is 2. The van der Waals surface area contributed by atoms with Crippen LogP contribution in [0, 0.1) is 12.7 Å². The number of hydrogen-bond acceptors (Lipinski definition) is 2. The second-order valence-corrected chi connectivity index (χ2v) is 3.11. The Morgan fingerprint density at radius 2 is 2.12 bits per heavy atom. The number of urea groups is 1. The summed E-state index contributed by atoms with van der Waals surface area (Å²) >= 11 is 0. The zero-order valence-electron chi connectivity index (χ0n) is 8.58. The van der Waals surface area contributed by atoms with Crippen LogP contribution in [-0.2, 0) is 4.79 Å². The Morgan fingerprint density at radius 3 is 2.75 bits per heavy atom. The third-order valence-corrected chi connectivity index (χ3v) is 1.92. The normalized spacial score (nSPS) is 9.62. The summed E-state index contributed by atoms with van der Waals surface area (Å²) in [4.78, 5) is 21.3. The first kappa shape index (κ1) is 12.0. The summed E-state index contributed by atoms with van der Waals surface area (Å²) in [6.07, 6.45) is 0. The third-order valence-electron chi connectivity index (χ3n) is 1.92. The van der Waals surface area contributed by atoms with Gasteiger partial charge < -0.3 is 15.7 Å². The zero-order valence-corrected chi connectivity index (χ0v) is 8.58. The van der Waals surface area contributed by atoms with Gasteiger partial charge >= 0.3 is 12.0 Å². The summed E-state index contributed by atoms with van der Waals surface area (Å²) in [7, 11) is 0.